The number of amides is 2. The van der Waals surface area contributed by atoms with Crippen LogP contribution in [0, 0.1) is 0 Å². The molecule has 0 aliphatic carbocycles. The Labute approximate surface area is 75.7 Å². The summed E-state index contributed by atoms with van der Waals surface area (Å²) in [5.74, 6) is 0.377. The number of rotatable bonds is 3. The van der Waals surface area contributed by atoms with Gasteiger partial charge < -0.3 is 14.8 Å². The van der Waals surface area contributed by atoms with Crippen molar-refractivity contribution in [1.82, 2.24) is 5.32 Å². The minimum absolute atomic E-state index is 0.0917. The molecular weight excluding hydrogens is 172 g/mol. The molecule has 5 heteroatoms. The number of nitrogens with one attached hydrogen (secondary N) is 2. The summed E-state index contributed by atoms with van der Waals surface area (Å²) in [5, 5.41) is 13.6. The number of carbonyl (C=O) groups excluding carboxylic acids is 1. The lowest BCUT2D eigenvalue weighted by Gasteiger charge is -2.10. The quantitative estimate of drug-likeness (QED) is 0.649. The van der Waals surface area contributed by atoms with Gasteiger partial charge in [0.2, 0.25) is 5.88 Å². The van der Waals surface area contributed by atoms with Crippen LogP contribution >= 0.6 is 0 Å². The molecule has 72 valence electrons. The Kier molecular flexibility index (Phi) is 3.33. The fourth-order valence-corrected chi connectivity index (χ4v) is 0.767. The molecule has 13 heavy (non-hydrogen) atoms. The van der Waals surface area contributed by atoms with Crippen LogP contribution in [0.5, 0.6) is 0 Å². The van der Waals surface area contributed by atoms with E-state index in [-0.39, 0.29) is 12.6 Å². The van der Waals surface area contributed by atoms with Crippen LogP contribution in [0.25, 0.3) is 0 Å². The van der Waals surface area contributed by atoms with Crippen LogP contribution < -0.4 is 10.6 Å². The van der Waals surface area contributed by atoms with Crippen molar-refractivity contribution >= 4 is 11.9 Å². The Hall–Kier alpha value is -1.49. The summed E-state index contributed by atoms with van der Waals surface area (Å²) in [5.41, 5.74) is 0. The maximum atomic E-state index is 11.1. The van der Waals surface area contributed by atoms with Gasteiger partial charge in [0.15, 0.2) is 0 Å². The van der Waals surface area contributed by atoms with Crippen molar-refractivity contribution in [3.63, 3.8) is 0 Å². The largest absolute Gasteiger partial charge is 0.449 e. The summed E-state index contributed by atoms with van der Waals surface area (Å²) in [7, 11) is 0. The van der Waals surface area contributed by atoms with Crippen LogP contribution in [0.15, 0.2) is 22.8 Å². The SMILES string of the molecule is CC(CO)NC(=O)Nc1ccco1. The predicted molar refractivity (Wildman–Crippen MR) is 47.4 cm³/mol. The molecule has 0 fully saturated rings. The van der Waals surface area contributed by atoms with Gasteiger partial charge in [0.25, 0.3) is 0 Å². The van der Waals surface area contributed by atoms with Crippen molar-refractivity contribution < 1.29 is 14.3 Å². The third-order valence-electron chi connectivity index (χ3n) is 1.41. The van der Waals surface area contributed by atoms with E-state index in [0.29, 0.717) is 5.88 Å². The molecular formula is C8H12N2O3. The molecule has 0 spiro atoms. The number of carbonyl (C=O) groups is 1. The van der Waals surface area contributed by atoms with Gasteiger partial charge in [-0.25, -0.2) is 4.79 Å². The summed E-state index contributed by atoms with van der Waals surface area (Å²) in [6.45, 7) is 1.60. The van der Waals surface area contributed by atoms with Crippen molar-refractivity contribution in [3.8, 4) is 0 Å². The maximum absolute atomic E-state index is 11.1. The van der Waals surface area contributed by atoms with Crippen LogP contribution in [0.4, 0.5) is 10.7 Å². The first-order valence-electron chi connectivity index (χ1n) is 3.94. The molecule has 1 heterocycles. The van der Waals surface area contributed by atoms with Crippen molar-refractivity contribution in [1.29, 1.82) is 0 Å². The highest BCUT2D eigenvalue weighted by atomic mass is 16.3. The molecule has 0 aromatic carbocycles. The van der Waals surface area contributed by atoms with Crippen LogP contribution in [0.1, 0.15) is 6.92 Å². The van der Waals surface area contributed by atoms with Crippen LogP contribution in [-0.2, 0) is 0 Å². The van der Waals surface area contributed by atoms with Gasteiger partial charge in [0, 0.05) is 6.07 Å². The Balaban J connectivity index is 2.34. The Bertz CT molecular complexity index is 258. The highest BCUT2D eigenvalue weighted by Crippen LogP contribution is 2.05. The molecule has 1 unspecified atom stereocenters. The molecule has 0 aliphatic heterocycles. The predicted octanol–water partition coefficient (Wildman–Crippen LogP) is 0.782. The van der Waals surface area contributed by atoms with E-state index < -0.39 is 6.03 Å². The van der Waals surface area contributed by atoms with E-state index >= 15 is 0 Å². The summed E-state index contributed by atoms with van der Waals surface area (Å²) in [6, 6.07) is 2.64. The number of furan rings is 1. The molecule has 0 radical (unpaired) electrons. The van der Waals surface area contributed by atoms with E-state index in [9.17, 15) is 4.79 Å². The average molecular weight is 184 g/mol. The van der Waals surface area contributed by atoms with Gasteiger partial charge in [-0.1, -0.05) is 0 Å². The summed E-state index contributed by atoms with van der Waals surface area (Å²) in [4.78, 5) is 11.1. The van der Waals surface area contributed by atoms with Gasteiger partial charge >= 0.3 is 6.03 Å². The van der Waals surface area contributed by atoms with Gasteiger partial charge in [-0.3, -0.25) is 5.32 Å². The Morgan fingerprint density at radius 3 is 3.08 bits per heavy atom. The third-order valence-corrected chi connectivity index (χ3v) is 1.41. The zero-order chi connectivity index (χ0) is 9.68. The standard InChI is InChI=1S/C8H12N2O3/c1-6(5-11)9-8(12)10-7-3-2-4-13-7/h2-4,6,11H,5H2,1H3,(H2,9,10,12). The number of aliphatic hydroxyl groups is 1. The first-order chi connectivity index (χ1) is 6.22. The molecule has 1 aromatic rings. The molecule has 0 saturated carbocycles. The van der Waals surface area contributed by atoms with Crippen LogP contribution in [-0.4, -0.2) is 23.8 Å². The smallest absolute Gasteiger partial charge is 0.321 e. The van der Waals surface area contributed by atoms with Gasteiger partial charge in [-0.15, -0.1) is 0 Å². The number of hydrogen-bond donors (Lipinski definition) is 3. The summed E-state index contributed by atoms with van der Waals surface area (Å²) in [6.07, 6.45) is 1.46. The van der Waals surface area contributed by atoms with Crippen molar-refractivity contribution in [3.05, 3.63) is 18.4 Å². The molecule has 3 N–H and O–H groups in total. The zero-order valence-corrected chi connectivity index (χ0v) is 7.28. The van der Waals surface area contributed by atoms with Crippen molar-refractivity contribution in [2.24, 2.45) is 0 Å². The first-order valence-corrected chi connectivity index (χ1v) is 3.94. The summed E-state index contributed by atoms with van der Waals surface area (Å²) >= 11 is 0. The normalized spacial score (nSPS) is 12.2. The van der Waals surface area contributed by atoms with Crippen LogP contribution in [0.2, 0.25) is 0 Å². The van der Waals surface area contributed by atoms with Gasteiger partial charge in [0.05, 0.1) is 18.9 Å². The first kappa shape index (κ1) is 9.60. The fourth-order valence-electron chi connectivity index (χ4n) is 0.767. The van der Waals surface area contributed by atoms with E-state index in [1.54, 1.807) is 19.1 Å². The second kappa shape index (κ2) is 4.51. The maximum Gasteiger partial charge on any atom is 0.321 e. The van der Waals surface area contributed by atoms with Crippen molar-refractivity contribution in [2.45, 2.75) is 13.0 Å². The van der Waals surface area contributed by atoms with Gasteiger partial charge in [-0.05, 0) is 13.0 Å². The monoisotopic (exact) mass is 184 g/mol. The van der Waals surface area contributed by atoms with Gasteiger partial charge in [-0.2, -0.15) is 0 Å². The van der Waals surface area contributed by atoms with Crippen LogP contribution in [0.3, 0.4) is 0 Å². The highest BCUT2D eigenvalue weighted by Gasteiger charge is 2.06. The number of aliphatic hydroxyl groups excluding tert-OH is 1. The average Bonchev–Trinajstić information content (AvgIpc) is 2.56. The lowest BCUT2D eigenvalue weighted by atomic mass is 10.4. The Morgan fingerprint density at radius 2 is 2.54 bits per heavy atom. The Morgan fingerprint density at radius 1 is 1.77 bits per heavy atom. The number of anilines is 1. The highest BCUT2D eigenvalue weighted by molar-refractivity contribution is 5.87. The minimum Gasteiger partial charge on any atom is -0.449 e. The molecule has 0 bridgehead atoms. The zero-order valence-electron chi connectivity index (χ0n) is 7.28. The van der Waals surface area contributed by atoms with E-state index in [1.165, 1.54) is 6.26 Å². The lowest BCUT2D eigenvalue weighted by Crippen LogP contribution is -2.38. The van der Waals surface area contributed by atoms with E-state index in [4.69, 9.17) is 9.52 Å². The van der Waals surface area contributed by atoms with Crippen molar-refractivity contribution in [2.75, 3.05) is 11.9 Å². The molecule has 1 aromatic heterocycles. The summed E-state index contributed by atoms with van der Waals surface area (Å²) < 4.78 is 4.88. The molecule has 2 amide bonds. The molecule has 1 atom stereocenters. The van der Waals surface area contributed by atoms with Gasteiger partial charge in [0.1, 0.15) is 0 Å². The molecule has 1 rings (SSSR count). The molecule has 0 aliphatic rings. The van der Waals surface area contributed by atoms with E-state index in [2.05, 4.69) is 10.6 Å². The number of urea groups is 1. The third kappa shape index (κ3) is 3.16. The second-order valence-corrected chi connectivity index (χ2v) is 2.66. The fraction of sp³-hybridized carbons (Fsp3) is 0.375. The number of hydrogen-bond acceptors (Lipinski definition) is 3. The molecule has 5 nitrogen and oxygen atoms in total. The van der Waals surface area contributed by atoms with E-state index in [1.807, 2.05) is 0 Å². The lowest BCUT2D eigenvalue weighted by molar-refractivity contribution is 0.229. The second-order valence-electron chi connectivity index (χ2n) is 2.66. The molecule has 0 saturated heterocycles. The van der Waals surface area contributed by atoms with E-state index in [0.717, 1.165) is 0 Å². The minimum atomic E-state index is -0.392. The topological polar surface area (TPSA) is 74.5 Å².